The second kappa shape index (κ2) is 13.5. The van der Waals surface area contributed by atoms with Crippen LogP contribution < -0.4 is 0 Å². The van der Waals surface area contributed by atoms with Gasteiger partial charge in [0.15, 0.2) is 23.0 Å². The normalized spacial score (nSPS) is 17.5. The van der Waals surface area contributed by atoms with Crippen LogP contribution in [0.25, 0.3) is 0 Å². The van der Waals surface area contributed by atoms with Gasteiger partial charge in [-0.2, -0.15) is 0 Å². The molecule has 0 bridgehead atoms. The van der Waals surface area contributed by atoms with Crippen LogP contribution in [0.4, 0.5) is 0 Å². The smallest absolute Gasteiger partial charge is 0.169 e. The molecule has 0 spiro atoms. The van der Waals surface area contributed by atoms with Crippen LogP contribution in [0.2, 0.25) is 0 Å². The van der Waals surface area contributed by atoms with E-state index in [1.165, 1.54) is 0 Å². The summed E-state index contributed by atoms with van der Waals surface area (Å²) >= 11 is 0. The van der Waals surface area contributed by atoms with Crippen molar-refractivity contribution < 1.29 is 9.47 Å². The Hall–Kier alpha value is -1.96. The molecule has 0 amide bonds. The summed E-state index contributed by atoms with van der Waals surface area (Å²) in [5, 5.41) is 0. The predicted octanol–water partition coefficient (Wildman–Crippen LogP) is 6.03. The highest BCUT2D eigenvalue weighted by Gasteiger charge is 2.19. The Morgan fingerprint density at radius 3 is 1.80 bits per heavy atom. The van der Waals surface area contributed by atoms with Crippen LogP contribution in [0.1, 0.15) is 41.5 Å². The standard InChI is InChI=1S/C14H16O2.2C2H6/c1-5-9-13-11(7-3)16-14(10-6-2)12(8-4)15-13;2*1-2/h5-10H,1,4H2,2-3H3;2*1-2H3/b10-6-,11-7+,13-9+;;. The second-order valence-corrected chi connectivity index (χ2v) is 3.06. The Morgan fingerprint density at radius 2 is 1.40 bits per heavy atom. The molecule has 1 aliphatic heterocycles. The van der Waals surface area contributed by atoms with Gasteiger partial charge in [0.05, 0.1) is 0 Å². The molecule has 2 nitrogen and oxygen atoms in total. The number of hydrogen-bond donors (Lipinski definition) is 0. The molecule has 0 N–H and O–H groups in total. The van der Waals surface area contributed by atoms with Crippen molar-refractivity contribution in [3.05, 3.63) is 72.7 Å². The van der Waals surface area contributed by atoms with Crippen molar-refractivity contribution in [3.8, 4) is 0 Å². The topological polar surface area (TPSA) is 18.5 Å². The summed E-state index contributed by atoms with van der Waals surface area (Å²) in [6, 6.07) is 0. The average molecular weight is 276 g/mol. The Balaban J connectivity index is 0. The van der Waals surface area contributed by atoms with E-state index in [9.17, 15) is 0 Å². The number of hydrogen-bond acceptors (Lipinski definition) is 2. The lowest BCUT2D eigenvalue weighted by Gasteiger charge is -2.22. The molecule has 0 aromatic heterocycles. The summed E-state index contributed by atoms with van der Waals surface area (Å²) in [6.45, 7) is 19.1. The molecule has 0 aromatic carbocycles. The molecular weight excluding hydrogens is 248 g/mol. The summed E-state index contributed by atoms with van der Waals surface area (Å²) in [7, 11) is 0. The first-order valence-electron chi connectivity index (χ1n) is 7.11. The third-order valence-electron chi connectivity index (χ3n) is 1.96. The highest BCUT2D eigenvalue weighted by atomic mass is 16.6. The zero-order valence-corrected chi connectivity index (χ0v) is 13.7. The molecule has 20 heavy (non-hydrogen) atoms. The molecule has 0 saturated carbocycles. The van der Waals surface area contributed by atoms with Crippen molar-refractivity contribution in [2.45, 2.75) is 41.5 Å². The molecular formula is C18H28O2. The van der Waals surface area contributed by atoms with E-state index < -0.39 is 0 Å². The predicted molar refractivity (Wildman–Crippen MR) is 88.9 cm³/mol. The van der Waals surface area contributed by atoms with Crippen molar-refractivity contribution in [1.82, 2.24) is 0 Å². The molecule has 2 heteroatoms. The van der Waals surface area contributed by atoms with Gasteiger partial charge in [0, 0.05) is 0 Å². The Bertz CT molecular complexity index is 407. The van der Waals surface area contributed by atoms with Gasteiger partial charge in [0.2, 0.25) is 0 Å². The molecule has 0 unspecified atom stereocenters. The second-order valence-electron chi connectivity index (χ2n) is 3.06. The maximum Gasteiger partial charge on any atom is 0.169 e. The summed E-state index contributed by atoms with van der Waals surface area (Å²) in [6.07, 6.45) is 10.6. The first-order chi connectivity index (χ1) is 9.76. The molecule has 0 fully saturated rings. The van der Waals surface area contributed by atoms with Gasteiger partial charge in [-0.05, 0) is 38.2 Å². The van der Waals surface area contributed by atoms with Gasteiger partial charge in [0.25, 0.3) is 0 Å². The first-order valence-corrected chi connectivity index (χ1v) is 7.11. The molecule has 1 rings (SSSR count). The van der Waals surface area contributed by atoms with E-state index in [-0.39, 0.29) is 0 Å². The molecule has 0 atom stereocenters. The van der Waals surface area contributed by atoms with E-state index in [1.54, 1.807) is 18.2 Å². The highest BCUT2D eigenvalue weighted by Crippen LogP contribution is 2.29. The number of rotatable bonds is 3. The van der Waals surface area contributed by atoms with Crippen LogP contribution in [0, 0.1) is 0 Å². The maximum absolute atomic E-state index is 5.69. The van der Waals surface area contributed by atoms with E-state index in [2.05, 4.69) is 13.2 Å². The minimum atomic E-state index is 0.608. The third kappa shape index (κ3) is 6.28. The van der Waals surface area contributed by atoms with Crippen LogP contribution >= 0.6 is 0 Å². The zero-order valence-electron chi connectivity index (χ0n) is 13.7. The quantitative estimate of drug-likeness (QED) is 0.626. The van der Waals surface area contributed by atoms with Crippen molar-refractivity contribution in [2.75, 3.05) is 0 Å². The van der Waals surface area contributed by atoms with E-state index in [0.717, 1.165) is 0 Å². The van der Waals surface area contributed by atoms with Crippen LogP contribution in [0.15, 0.2) is 72.7 Å². The van der Waals surface area contributed by atoms with Gasteiger partial charge in [-0.3, -0.25) is 0 Å². The Kier molecular flexibility index (Phi) is 13.7. The Morgan fingerprint density at radius 1 is 0.850 bits per heavy atom. The summed E-state index contributed by atoms with van der Waals surface area (Å²) < 4.78 is 11.3. The third-order valence-corrected chi connectivity index (χ3v) is 1.96. The van der Waals surface area contributed by atoms with E-state index in [1.807, 2.05) is 59.8 Å². The SMILES string of the molecule is C=C/C=C1/OC(C=C)=C(/C=C\C)O/C1=C/C.CC.CC. The van der Waals surface area contributed by atoms with Crippen molar-refractivity contribution in [1.29, 1.82) is 0 Å². The van der Waals surface area contributed by atoms with Crippen molar-refractivity contribution in [2.24, 2.45) is 0 Å². The van der Waals surface area contributed by atoms with Crippen molar-refractivity contribution in [3.63, 3.8) is 0 Å². The van der Waals surface area contributed by atoms with Gasteiger partial charge >= 0.3 is 0 Å². The fourth-order valence-electron chi connectivity index (χ4n) is 1.27. The van der Waals surface area contributed by atoms with Gasteiger partial charge in [0.1, 0.15) is 0 Å². The molecule has 0 radical (unpaired) electrons. The minimum Gasteiger partial charge on any atom is -0.450 e. The summed E-state index contributed by atoms with van der Waals surface area (Å²) in [4.78, 5) is 0. The highest BCUT2D eigenvalue weighted by molar-refractivity contribution is 5.36. The molecule has 112 valence electrons. The Labute approximate surface area is 124 Å². The van der Waals surface area contributed by atoms with Gasteiger partial charge in [-0.15, -0.1) is 0 Å². The fourth-order valence-corrected chi connectivity index (χ4v) is 1.27. The zero-order chi connectivity index (χ0) is 16.0. The van der Waals surface area contributed by atoms with E-state index in [0.29, 0.717) is 23.0 Å². The summed E-state index contributed by atoms with van der Waals surface area (Å²) in [5.41, 5.74) is 0. The average Bonchev–Trinajstić information content (AvgIpc) is 2.52. The lowest BCUT2D eigenvalue weighted by molar-refractivity contribution is 0.188. The maximum atomic E-state index is 5.69. The minimum absolute atomic E-state index is 0.608. The molecule has 0 aliphatic carbocycles. The van der Waals surface area contributed by atoms with Crippen LogP contribution in [0.5, 0.6) is 0 Å². The largest absolute Gasteiger partial charge is 0.450 e. The van der Waals surface area contributed by atoms with E-state index in [4.69, 9.17) is 9.47 Å². The first kappa shape index (κ1) is 20.4. The van der Waals surface area contributed by atoms with Crippen LogP contribution in [-0.2, 0) is 9.47 Å². The molecule has 0 saturated heterocycles. The van der Waals surface area contributed by atoms with Gasteiger partial charge < -0.3 is 9.47 Å². The monoisotopic (exact) mass is 276 g/mol. The number of allylic oxidation sites excluding steroid dienone is 6. The van der Waals surface area contributed by atoms with Gasteiger partial charge in [-0.1, -0.05) is 53.0 Å². The fraction of sp³-hybridized carbons (Fsp3) is 0.333. The number of ether oxygens (including phenoxy) is 2. The lowest BCUT2D eigenvalue weighted by atomic mass is 10.2. The van der Waals surface area contributed by atoms with E-state index >= 15 is 0 Å². The van der Waals surface area contributed by atoms with Crippen molar-refractivity contribution >= 4 is 0 Å². The molecule has 0 aromatic rings. The molecule has 1 aliphatic rings. The van der Waals surface area contributed by atoms with Gasteiger partial charge in [-0.25, -0.2) is 0 Å². The van der Waals surface area contributed by atoms with Crippen LogP contribution in [-0.4, -0.2) is 0 Å². The van der Waals surface area contributed by atoms with Crippen LogP contribution in [0.3, 0.4) is 0 Å². The molecule has 1 heterocycles. The summed E-state index contributed by atoms with van der Waals surface area (Å²) in [5.74, 6) is 2.59. The lowest BCUT2D eigenvalue weighted by Crippen LogP contribution is -2.08.